The highest BCUT2D eigenvalue weighted by Gasteiger charge is 2.93. The van der Waals surface area contributed by atoms with E-state index in [2.05, 4.69) is 0 Å². The van der Waals surface area contributed by atoms with Crippen LogP contribution in [0.4, 0.5) is 0 Å². The number of fused-ring (bicyclic) bond motifs is 1. The molecule has 6 fully saturated rings. The Labute approximate surface area is 295 Å². The van der Waals surface area contributed by atoms with E-state index >= 15 is 4.79 Å². The smallest absolute Gasteiger partial charge is 0.310 e. The van der Waals surface area contributed by atoms with Crippen molar-refractivity contribution in [2.75, 3.05) is 6.61 Å². The fraction of sp³-hybridized carbons (Fsp3) is 0.757. The van der Waals surface area contributed by atoms with Gasteiger partial charge in [0, 0.05) is 43.4 Å². The van der Waals surface area contributed by atoms with E-state index in [0.29, 0.717) is 12.8 Å². The number of hydrogen-bond donors (Lipinski definition) is 2. The van der Waals surface area contributed by atoms with Gasteiger partial charge in [-0.1, -0.05) is 27.7 Å². The molecule has 0 amide bonds. The molecule has 7 rings (SSSR count). The van der Waals surface area contributed by atoms with Gasteiger partial charge in [0.1, 0.15) is 11.7 Å². The predicted molar refractivity (Wildman–Crippen MR) is 171 cm³/mol. The lowest BCUT2D eigenvalue weighted by Gasteiger charge is -2.73. The molecule has 2 saturated heterocycles. The number of aliphatic hydroxyl groups is 2. The summed E-state index contributed by atoms with van der Waals surface area (Å²) in [4.78, 5) is 67.1. The second kappa shape index (κ2) is 11.6. The Bertz CT molecular complexity index is 1640. The average Bonchev–Trinajstić information content (AvgIpc) is 3.42. The second-order valence-electron chi connectivity index (χ2n) is 16.3. The maximum absolute atomic E-state index is 15.5. The number of ether oxygens (including phenoxy) is 6. The van der Waals surface area contributed by atoms with Crippen molar-refractivity contribution in [1.82, 2.24) is 0 Å². The zero-order chi connectivity index (χ0) is 37.2. The number of esters is 4. The Morgan fingerprint density at radius 3 is 2.22 bits per heavy atom. The van der Waals surface area contributed by atoms with Crippen LogP contribution in [0.3, 0.4) is 0 Å². The van der Waals surface area contributed by atoms with Crippen LogP contribution in [0.2, 0.25) is 0 Å². The zero-order valence-electron chi connectivity index (χ0n) is 30.2. The summed E-state index contributed by atoms with van der Waals surface area (Å²) in [6, 6.07) is 1.80. The minimum absolute atomic E-state index is 0.0539. The summed E-state index contributed by atoms with van der Waals surface area (Å²) in [5.41, 5.74) is -6.23. The van der Waals surface area contributed by atoms with E-state index in [1.807, 2.05) is 13.8 Å². The molecule has 1 spiro atoms. The van der Waals surface area contributed by atoms with Gasteiger partial charge in [-0.05, 0) is 43.7 Å². The lowest BCUT2D eigenvalue weighted by molar-refractivity contribution is -0.391. The van der Waals surface area contributed by atoms with E-state index in [0.717, 1.165) is 19.4 Å². The quantitative estimate of drug-likeness (QED) is 0.237. The van der Waals surface area contributed by atoms with Crippen LogP contribution in [0, 0.1) is 39.4 Å². The molecule has 16 unspecified atom stereocenters. The van der Waals surface area contributed by atoms with Crippen molar-refractivity contribution in [1.29, 1.82) is 0 Å². The Hall–Kier alpha value is -3.33. The van der Waals surface area contributed by atoms with Gasteiger partial charge in [-0.3, -0.25) is 24.0 Å². The van der Waals surface area contributed by atoms with Crippen LogP contribution in [0.25, 0.3) is 0 Å². The van der Waals surface area contributed by atoms with E-state index in [4.69, 9.17) is 32.8 Å². The molecule has 14 heteroatoms. The molecule has 51 heavy (non-hydrogen) atoms. The highest BCUT2D eigenvalue weighted by molar-refractivity contribution is 5.93. The van der Waals surface area contributed by atoms with Gasteiger partial charge in [0.25, 0.3) is 0 Å². The third-order valence-electron chi connectivity index (χ3n) is 14.1. The summed E-state index contributed by atoms with van der Waals surface area (Å²) in [5, 5.41) is 25.3. The van der Waals surface area contributed by atoms with Crippen LogP contribution in [-0.2, 0) is 52.4 Å². The van der Waals surface area contributed by atoms with Gasteiger partial charge in [-0.2, -0.15) is 0 Å². The highest BCUT2D eigenvalue weighted by Crippen LogP contribution is 2.83. The monoisotopic (exact) mass is 716 g/mol. The molecule has 6 aliphatic rings. The molecule has 2 aliphatic heterocycles. The first-order valence-electron chi connectivity index (χ1n) is 17.8. The Morgan fingerprint density at radius 1 is 0.961 bits per heavy atom. The first kappa shape index (κ1) is 36.0. The van der Waals surface area contributed by atoms with E-state index in [1.165, 1.54) is 13.2 Å². The van der Waals surface area contributed by atoms with Gasteiger partial charge in [0.2, 0.25) is 6.29 Å². The Balaban J connectivity index is 1.45. The molecule has 1 aromatic heterocycles. The standard InChI is InChI=1S/C37H48O14/c1-9-16(2)31(44)50-32-33(6)22-13-23(41)35(8)27(36(22,15-46-32)28(43)26(47-17(3)38)30(33)49-19(5)40)25(42)29(48-18(4)39)34(7)21(20-10-11-45-14-20)12-24-37(34,35)51-24/h10-11,14,16,21-24,26-30,32,41,43H,9,12-13,15H2,1-8H3. The number of ketones is 1. The normalized spacial score (nSPS) is 48.2. The number of hydrogen-bond acceptors (Lipinski definition) is 14. The average molecular weight is 717 g/mol. The number of furan rings is 1. The molecule has 16 atom stereocenters. The molecule has 1 aromatic rings. The van der Waals surface area contributed by atoms with Crippen molar-refractivity contribution in [3.63, 3.8) is 0 Å². The number of carbonyl (C=O) groups excluding carboxylic acids is 5. The summed E-state index contributed by atoms with van der Waals surface area (Å²) in [7, 11) is 0. The third kappa shape index (κ3) is 4.33. The van der Waals surface area contributed by atoms with Crippen molar-refractivity contribution in [3.05, 3.63) is 24.2 Å². The fourth-order valence-corrected chi connectivity index (χ4v) is 11.9. The molecule has 4 saturated carbocycles. The van der Waals surface area contributed by atoms with Crippen molar-refractivity contribution in [2.24, 2.45) is 39.4 Å². The van der Waals surface area contributed by atoms with Crippen molar-refractivity contribution < 1.29 is 67.0 Å². The van der Waals surface area contributed by atoms with Crippen LogP contribution < -0.4 is 0 Å². The Morgan fingerprint density at radius 2 is 1.63 bits per heavy atom. The van der Waals surface area contributed by atoms with Crippen molar-refractivity contribution in [3.8, 4) is 0 Å². The van der Waals surface area contributed by atoms with E-state index in [-0.39, 0.29) is 18.9 Å². The van der Waals surface area contributed by atoms with E-state index < -0.39 is 118 Å². The first-order chi connectivity index (χ1) is 23.9. The van der Waals surface area contributed by atoms with Gasteiger partial charge in [0.15, 0.2) is 24.1 Å². The Kier molecular flexibility index (Phi) is 8.19. The largest absolute Gasteiger partial charge is 0.472 e. The maximum Gasteiger partial charge on any atom is 0.310 e. The maximum atomic E-state index is 15.5. The number of rotatable bonds is 7. The SMILES string of the molecule is CCC(C)C(=O)OC1OCC23C(O)C(OC(C)=O)C(OC(C)=O)C1(C)C2CC(O)C1(C)C3C(=O)C(OC(C)=O)C2(C)C(c3ccoc3)CC3OC321. The number of aliphatic hydroxyl groups excluding tert-OH is 2. The molecule has 4 aliphatic carbocycles. The number of epoxide rings is 1. The van der Waals surface area contributed by atoms with Gasteiger partial charge in [-0.25, -0.2) is 0 Å². The van der Waals surface area contributed by atoms with Gasteiger partial charge in [-0.15, -0.1) is 0 Å². The molecule has 0 radical (unpaired) electrons. The summed E-state index contributed by atoms with van der Waals surface area (Å²) in [6.07, 6.45) is -5.17. The van der Waals surface area contributed by atoms with Crippen LogP contribution in [0.15, 0.2) is 23.0 Å². The summed E-state index contributed by atoms with van der Waals surface area (Å²) < 4.78 is 42.2. The van der Waals surface area contributed by atoms with Gasteiger partial charge < -0.3 is 43.1 Å². The fourth-order valence-electron chi connectivity index (χ4n) is 11.9. The van der Waals surface area contributed by atoms with Crippen LogP contribution in [-0.4, -0.2) is 95.0 Å². The van der Waals surface area contributed by atoms with Crippen LogP contribution >= 0.6 is 0 Å². The van der Waals surface area contributed by atoms with Gasteiger partial charge in [0.05, 0.1) is 48.1 Å². The summed E-state index contributed by atoms with van der Waals surface area (Å²) in [5.74, 6) is -6.50. The second-order valence-corrected chi connectivity index (χ2v) is 16.3. The lowest BCUT2D eigenvalue weighted by Crippen LogP contribution is -2.84. The van der Waals surface area contributed by atoms with Crippen LogP contribution in [0.1, 0.15) is 86.1 Å². The molecule has 2 bridgehead atoms. The van der Waals surface area contributed by atoms with E-state index in [1.54, 1.807) is 33.1 Å². The molecule has 0 aromatic carbocycles. The predicted octanol–water partition coefficient (Wildman–Crippen LogP) is 2.60. The molecule has 2 N–H and O–H groups in total. The molecule has 14 nitrogen and oxygen atoms in total. The minimum atomic E-state index is -1.70. The highest BCUT2D eigenvalue weighted by atomic mass is 16.7. The van der Waals surface area contributed by atoms with Gasteiger partial charge >= 0.3 is 23.9 Å². The topological polar surface area (TPSA) is 198 Å². The molecular formula is C37H48O14. The molecular weight excluding hydrogens is 668 g/mol. The van der Waals surface area contributed by atoms with Crippen molar-refractivity contribution in [2.45, 2.75) is 129 Å². The summed E-state index contributed by atoms with van der Waals surface area (Å²) in [6.45, 7) is 11.9. The zero-order valence-corrected chi connectivity index (χ0v) is 30.2. The molecule has 3 heterocycles. The number of carbonyl (C=O) groups is 5. The first-order valence-corrected chi connectivity index (χ1v) is 17.8. The van der Waals surface area contributed by atoms with E-state index in [9.17, 15) is 29.4 Å². The minimum Gasteiger partial charge on any atom is -0.472 e. The summed E-state index contributed by atoms with van der Waals surface area (Å²) >= 11 is 0. The third-order valence-corrected chi connectivity index (χ3v) is 14.1. The van der Waals surface area contributed by atoms with Crippen LogP contribution in [0.5, 0.6) is 0 Å². The number of Topliss-reactive ketones (excluding diaryl/α,β-unsaturated/α-hetero) is 1. The lowest BCUT2D eigenvalue weighted by atomic mass is 9.33. The molecule has 280 valence electrons. The van der Waals surface area contributed by atoms with Crippen molar-refractivity contribution >= 4 is 29.7 Å².